The highest BCUT2D eigenvalue weighted by atomic mass is 16.1. The minimum Gasteiger partial charge on any atom is -0.353 e. The van der Waals surface area contributed by atoms with Gasteiger partial charge in [0.15, 0.2) is 0 Å². The molecule has 3 aromatic rings. The van der Waals surface area contributed by atoms with Crippen molar-refractivity contribution >= 4 is 16.9 Å². The molecule has 2 aromatic carbocycles. The van der Waals surface area contributed by atoms with Crippen LogP contribution in [0.5, 0.6) is 0 Å². The fourth-order valence-electron chi connectivity index (χ4n) is 3.35. The summed E-state index contributed by atoms with van der Waals surface area (Å²) in [4.78, 5) is 16.4. The number of fused-ring (bicyclic) bond motifs is 1. The second kappa shape index (κ2) is 9.36. The molecular weight excluding hydrogens is 346 g/mol. The van der Waals surface area contributed by atoms with Crippen molar-refractivity contribution in [2.24, 2.45) is 0 Å². The normalized spacial score (nSPS) is 11.6. The van der Waals surface area contributed by atoms with Gasteiger partial charge in [-0.3, -0.25) is 4.79 Å². The summed E-state index contributed by atoms with van der Waals surface area (Å²) >= 11 is 0. The van der Waals surface area contributed by atoms with Crippen LogP contribution in [0.15, 0.2) is 60.7 Å². The second-order valence-corrected chi connectivity index (χ2v) is 7.39. The van der Waals surface area contributed by atoms with E-state index in [9.17, 15) is 4.79 Å². The first-order valence-corrected chi connectivity index (χ1v) is 10.0. The number of hydrogen-bond donors (Lipinski definition) is 1. The van der Waals surface area contributed by atoms with Gasteiger partial charge in [-0.25, -0.2) is 4.98 Å². The van der Waals surface area contributed by atoms with Crippen LogP contribution in [0.25, 0.3) is 11.0 Å². The van der Waals surface area contributed by atoms with Crippen molar-refractivity contribution in [3.63, 3.8) is 0 Å². The molecule has 0 spiro atoms. The number of rotatable bonds is 8. The van der Waals surface area contributed by atoms with Gasteiger partial charge in [-0.1, -0.05) is 56.3 Å². The number of para-hydroxylation sites is 2. The van der Waals surface area contributed by atoms with Crippen LogP contribution in [0.2, 0.25) is 0 Å². The van der Waals surface area contributed by atoms with Crippen molar-refractivity contribution in [2.75, 3.05) is 6.54 Å². The Hall–Kier alpha value is -2.88. The third-order valence-corrected chi connectivity index (χ3v) is 4.92. The lowest BCUT2D eigenvalue weighted by atomic mass is 10.0. The van der Waals surface area contributed by atoms with Gasteiger partial charge in [0.1, 0.15) is 5.82 Å². The summed E-state index contributed by atoms with van der Waals surface area (Å²) in [5.74, 6) is 1.56. The first kappa shape index (κ1) is 19.9. The summed E-state index contributed by atoms with van der Waals surface area (Å²) in [5, 5.41) is 2.91. The number of carbonyl (C=O) groups is 1. The van der Waals surface area contributed by atoms with E-state index in [1.165, 1.54) is 11.1 Å². The fraction of sp³-hybridized carbons (Fsp3) is 0.333. The number of imidazole rings is 1. The number of aryl methyl sites for hydroxylation is 1. The summed E-state index contributed by atoms with van der Waals surface area (Å²) in [6.07, 6.45) is 4.99. The molecule has 4 heteroatoms. The molecule has 0 saturated carbocycles. The van der Waals surface area contributed by atoms with Gasteiger partial charge in [-0.15, -0.1) is 0 Å². The topological polar surface area (TPSA) is 46.9 Å². The summed E-state index contributed by atoms with van der Waals surface area (Å²) in [7, 11) is 0. The van der Waals surface area contributed by atoms with Crippen molar-refractivity contribution < 1.29 is 4.79 Å². The summed E-state index contributed by atoms with van der Waals surface area (Å²) in [6.45, 7) is 7.72. The zero-order chi connectivity index (χ0) is 19.9. The summed E-state index contributed by atoms with van der Waals surface area (Å²) < 4.78 is 2.30. The van der Waals surface area contributed by atoms with Gasteiger partial charge < -0.3 is 9.88 Å². The molecule has 1 N–H and O–H groups in total. The standard InChI is InChI=1S/C24H29N3O/c1-4-8-24(28)25-16-7-11-23-26-21-9-5-6-10-22(21)27(23)17-19-12-14-20(15-13-19)18(2)3/h4-6,8-10,12-15,18H,7,11,16-17H2,1-3H3,(H,25,28)/b8-4-. The number of nitrogens with zero attached hydrogens (tertiary/aromatic N) is 2. The first-order chi connectivity index (χ1) is 13.6. The Morgan fingerprint density at radius 1 is 1.14 bits per heavy atom. The molecule has 0 unspecified atom stereocenters. The number of nitrogens with one attached hydrogen (secondary N) is 1. The molecule has 0 aliphatic carbocycles. The number of amides is 1. The van der Waals surface area contributed by atoms with Crippen LogP contribution in [0.1, 0.15) is 50.1 Å². The predicted octanol–water partition coefficient (Wildman–Crippen LogP) is 4.83. The maximum Gasteiger partial charge on any atom is 0.243 e. The molecule has 4 nitrogen and oxygen atoms in total. The Balaban J connectivity index is 1.76. The lowest BCUT2D eigenvalue weighted by Gasteiger charge is -2.11. The van der Waals surface area contributed by atoms with Gasteiger partial charge in [0.25, 0.3) is 0 Å². The monoisotopic (exact) mass is 375 g/mol. The van der Waals surface area contributed by atoms with E-state index in [-0.39, 0.29) is 5.91 Å². The molecule has 0 aliphatic heterocycles. The average molecular weight is 376 g/mol. The third kappa shape index (κ3) is 4.89. The lowest BCUT2D eigenvalue weighted by molar-refractivity contribution is -0.116. The Bertz CT molecular complexity index is 952. The molecule has 0 aliphatic rings. The Morgan fingerprint density at radius 2 is 1.89 bits per heavy atom. The van der Waals surface area contributed by atoms with Crippen LogP contribution in [0.4, 0.5) is 0 Å². The van der Waals surface area contributed by atoms with Crippen molar-refractivity contribution in [3.8, 4) is 0 Å². The maximum atomic E-state index is 11.6. The molecular formula is C24H29N3O. The van der Waals surface area contributed by atoms with Gasteiger partial charge in [0.05, 0.1) is 11.0 Å². The van der Waals surface area contributed by atoms with Gasteiger partial charge in [-0.2, -0.15) is 0 Å². The highest BCUT2D eigenvalue weighted by Crippen LogP contribution is 2.20. The highest BCUT2D eigenvalue weighted by Gasteiger charge is 2.11. The van der Waals surface area contributed by atoms with Gasteiger partial charge in [0, 0.05) is 19.5 Å². The maximum absolute atomic E-state index is 11.6. The number of hydrogen-bond acceptors (Lipinski definition) is 2. The van der Waals surface area contributed by atoms with E-state index in [0.717, 1.165) is 36.2 Å². The van der Waals surface area contributed by atoms with E-state index < -0.39 is 0 Å². The quantitative estimate of drug-likeness (QED) is 0.453. The second-order valence-electron chi connectivity index (χ2n) is 7.39. The van der Waals surface area contributed by atoms with Crippen molar-refractivity contribution in [2.45, 2.75) is 46.1 Å². The molecule has 0 radical (unpaired) electrons. The minimum absolute atomic E-state index is 0.0405. The molecule has 0 fully saturated rings. The average Bonchev–Trinajstić information content (AvgIpc) is 3.03. The smallest absolute Gasteiger partial charge is 0.243 e. The minimum atomic E-state index is -0.0405. The van der Waals surface area contributed by atoms with Gasteiger partial charge >= 0.3 is 0 Å². The number of benzene rings is 2. The largest absolute Gasteiger partial charge is 0.353 e. The molecule has 1 heterocycles. The van der Waals surface area contributed by atoms with Crippen LogP contribution in [-0.4, -0.2) is 22.0 Å². The Kier molecular flexibility index (Phi) is 6.64. The zero-order valence-electron chi connectivity index (χ0n) is 17.0. The van der Waals surface area contributed by atoms with Crippen LogP contribution in [0, 0.1) is 0 Å². The lowest BCUT2D eigenvalue weighted by Crippen LogP contribution is -2.22. The SMILES string of the molecule is C/C=C\C(=O)NCCCc1nc2ccccc2n1Cc1ccc(C(C)C)cc1. The van der Waals surface area contributed by atoms with Crippen LogP contribution in [-0.2, 0) is 17.8 Å². The van der Waals surface area contributed by atoms with E-state index in [2.05, 4.69) is 66.2 Å². The van der Waals surface area contributed by atoms with Crippen molar-refractivity contribution in [1.29, 1.82) is 0 Å². The van der Waals surface area contributed by atoms with Gasteiger partial charge in [-0.05, 0) is 48.6 Å². The predicted molar refractivity (Wildman–Crippen MR) is 116 cm³/mol. The first-order valence-electron chi connectivity index (χ1n) is 10.0. The molecule has 1 amide bonds. The molecule has 146 valence electrons. The fourth-order valence-corrected chi connectivity index (χ4v) is 3.35. The van der Waals surface area contributed by atoms with E-state index in [1.54, 1.807) is 12.2 Å². The molecule has 3 rings (SSSR count). The number of carbonyl (C=O) groups excluding carboxylic acids is 1. The molecule has 1 aromatic heterocycles. The van der Waals surface area contributed by atoms with E-state index in [4.69, 9.17) is 4.98 Å². The molecule has 28 heavy (non-hydrogen) atoms. The highest BCUT2D eigenvalue weighted by molar-refractivity contribution is 5.87. The molecule has 0 bridgehead atoms. The Morgan fingerprint density at radius 3 is 2.61 bits per heavy atom. The van der Waals surface area contributed by atoms with E-state index in [0.29, 0.717) is 12.5 Å². The molecule has 0 saturated heterocycles. The van der Waals surface area contributed by atoms with Crippen molar-refractivity contribution in [1.82, 2.24) is 14.9 Å². The van der Waals surface area contributed by atoms with Crippen molar-refractivity contribution in [3.05, 3.63) is 77.6 Å². The van der Waals surface area contributed by atoms with E-state index >= 15 is 0 Å². The van der Waals surface area contributed by atoms with E-state index in [1.807, 2.05) is 13.0 Å². The number of allylic oxidation sites excluding steroid dienone is 1. The molecule has 0 atom stereocenters. The van der Waals surface area contributed by atoms with Crippen LogP contribution < -0.4 is 5.32 Å². The summed E-state index contributed by atoms with van der Waals surface area (Å²) in [5.41, 5.74) is 4.81. The Labute approximate surface area is 167 Å². The number of aromatic nitrogens is 2. The van der Waals surface area contributed by atoms with Crippen LogP contribution in [0.3, 0.4) is 0 Å². The summed E-state index contributed by atoms with van der Waals surface area (Å²) in [6, 6.07) is 17.1. The zero-order valence-corrected chi connectivity index (χ0v) is 17.0. The van der Waals surface area contributed by atoms with Crippen LogP contribution >= 0.6 is 0 Å². The third-order valence-electron chi connectivity index (χ3n) is 4.92. The van der Waals surface area contributed by atoms with Gasteiger partial charge in [0.2, 0.25) is 5.91 Å².